The van der Waals surface area contributed by atoms with Gasteiger partial charge in [0.2, 0.25) is 0 Å². The Morgan fingerprint density at radius 2 is 0.852 bits per heavy atom. The van der Waals surface area contributed by atoms with Crippen molar-refractivity contribution in [3.8, 4) is 11.1 Å². The van der Waals surface area contributed by atoms with Gasteiger partial charge in [0.15, 0.2) is 0 Å². The predicted octanol–water partition coefficient (Wildman–Crippen LogP) is 15.3. The lowest BCUT2D eigenvalue weighted by molar-refractivity contribution is 0.660. The molecule has 0 saturated heterocycles. The van der Waals surface area contributed by atoms with Crippen LogP contribution in [0.3, 0.4) is 0 Å². The van der Waals surface area contributed by atoms with E-state index in [1.165, 1.54) is 77.3 Å². The average molecular weight is 825 g/mol. The third-order valence-electron chi connectivity index (χ3n) is 12.6. The number of rotatable bonds is 10. The van der Waals surface area contributed by atoms with Crippen LogP contribution in [0.2, 0.25) is 39.3 Å². The first kappa shape index (κ1) is 40.2. The van der Waals surface area contributed by atoms with Crippen molar-refractivity contribution in [3.63, 3.8) is 0 Å². The van der Waals surface area contributed by atoms with Gasteiger partial charge in [0, 0.05) is 39.2 Å². The molecule has 0 unspecified atom stereocenters. The summed E-state index contributed by atoms with van der Waals surface area (Å²) >= 11 is 0. The second-order valence-electron chi connectivity index (χ2n) is 19.1. The van der Waals surface area contributed by atoms with Gasteiger partial charge in [-0.05, 0) is 105 Å². The quantitative estimate of drug-likeness (QED) is 0.100. The first-order valence-electron chi connectivity index (χ1n) is 21.7. The molecule has 0 bridgehead atoms. The molecule has 1 aliphatic rings. The highest BCUT2D eigenvalue weighted by Gasteiger charge is 2.36. The van der Waals surface area contributed by atoms with Crippen LogP contribution in [0.5, 0.6) is 0 Å². The number of hydrogen-bond donors (Lipinski definition) is 0. The molecular weight excluding hydrogens is 769 g/mol. The van der Waals surface area contributed by atoms with E-state index in [1.54, 1.807) is 0 Å². The summed E-state index contributed by atoms with van der Waals surface area (Å²) in [5.74, 6) is 0. The van der Waals surface area contributed by atoms with Crippen molar-refractivity contribution in [2.24, 2.45) is 0 Å². The molecule has 2 nitrogen and oxygen atoms in total. The van der Waals surface area contributed by atoms with Gasteiger partial charge in [0.1, 0.15) is 0 Å². The molecule has 0 amide bonds. The number of benzene rings is 8. The SMILES string of the molecule is CC1(C)c2cc(C=Cc3ccc(N(c4ccccc4)c4ccc([Si](C)(C)C)cc4)c4ccccc34)ccc2-c2ccc(N(c3ccccc3)c3ccc([Si](C)(C)C)cc3)cc21. The molecule has 302 valence electrons. The van der Waals surface area contributed by atoms with Crippen molar-refractivity contribution in [3.05, 3.63) is 204 Å². The maximum Gasteiger partial charge on any atom is 0.0775 e. The van der Waals surface area contributed by atoms with E-state index in [4.69, 9.17) is 0 Å². The van der Waals surface area contributed by atoms with E-state index in [2.05, 4.69) is 257 Å². The summed E-state index contributed by atoms with van der Waals surface area (Å²) < 4.78 is 0. The number of nitrogens with zero attached hydrogens (tertiary/aromatic N) is 2. The van der Waals surface area contributed by atoms with E-state index in [0.29, 0.717) is 0 Å². The lowest BCUT2D eigenvalue weighted by Gasteiger charge is -2.28. The van der Waals surface area contributed by atoms with Crippen LogP contribution in [0.15, 0.2) is 182 Å². The van der Waals surface area contributed by atoms with Gasteiger partial charge in [-0.1, -0.05) is 191 Å². The van der Waals surface area contributed by atoms with Gasteiger partial charge in [-0.25, -0.2) is 0 Å². The minimum absolute atomic E-state index is 0.170. The van der Waals surface area contributed by atoms with Crippen molar-refractivity contribution in [1.29, 1.82) is 0 Å². The molecule has 1 aliphatic carbocycles. The molecule has 0 radical (unpaired) electrons. The van der Waals surface area contributed by atoms with E-state index in [1.807, 2.05) is 0 Å². The molecule has 0 spiro atoms. The van der Waals surface area contributed by atoms with Crippen LogP contribution in [0.4, 0.5) is 34.1 Å². The normalized spacial score (nSPS) is 13.3. The van der Waals surface area contributed by atoms with E-state index in [0.717, 1.165) is 11.4 Å². The van der Waals surface area contributed by atoms with Crippen LogP contribution >= 0.6 is 0 Å². The summed E-state index contributed by atoms with van der Waals surface area (Å²) in [5.41, 5.74) is 14.6. The monoisotopic (exact) mass is 824 g/mol. The van der Waals surface area contributed by atoms with Gasteiger partial charge in [-0.2, -0.15) is 0 Å². The Hall–Kier alpha value is -6.21. The average Bonchev–Trinajstić information content (AvgIpc) is 3.48. The first-order valence-corrected chi connectivity index (χ1v) is 28.7. The van der Waals surface area contributed by atoms with E-state index in [-0.39, 0.29) is 5.41 Å². The lowest BCUT2D eigenvalue weighted by atomic mass is 9.81. The van der Waals surface area contributed by atoms with Gasteiger partial charge in [0.25, 0.3) is 0 Å². The third-order valence-corrected chi connectivity index (χ3v) is 16.7. The number of hydrogen-bond acceptors (Lipinski definition) is 2. The first-order chi connectivity index (χ1) is 29.3. The fourth-order valence-electron chi connectivity index (χ4n) is 9.07. The van der Waals surface area contributed by atoms with Crippen LogP contribution in [0, 0.1) is 0 Å². The highest BCUT2D eigenvalue weighted by molar-refractivity contribution is 6.89. The van der Waals surface area contributed by atoms with Crippen molar-refractivity contribution in [1.82, 2.24) is 0 Å². The molecule has 8 aromatic rings. The van der Waals surface area contributed by atoms with Gasteiger partial charge in [0.05, 0.1) is 21.8 Å². The molecule has 0 aromatic heterocycles. The Morgan fingerprint density at radius 3 is 1.43 bits per heavy atom. The Bertz CT molecular complexity index is 2880. The topological polar surface area (TPSA) is 6.48 Å². The van der Waals surface area contributed by atoms with Crippen molar-refractivity contribution >= 4 is 83.6 Å². The fraction of sp³-hybridized carbons (Fsp3) is 0.158. The highest BCUT2D eigenvalue weighted by Crippen LogP contribution is 2.51. The van der Waals surface area contributed by atoms with Gasteiger partial charge in [-0.3, -0.25) is 0 Å². The smallest absolute Gasteiger partial charge is 0.0775 e. The Kier molecular flexibility index (Phi) is 10.3. The largest absolute Gasteiger partial charge is 0.310 e. The molecule has 8 aromatic carbocycles. The predicted molar refractivity (Wildman–Crippen MR) is 272 cm³/mol. The second-order valence-corrected chi connectivity index (χ2v) is 29.3. The van der Waals surface area contributed by atoms with E-state index < -0.39 is 16.1 Å². The van der Waals surface area contributed by atoms with E-state index in [9.17, 15) is 0 Å². The van der Waals surface area contributed by atoms with Gasteiger partial charge in [-0.15, -0.1) is 0 Å². The zero-order valence-corrected chi connectivity index (χ0v) is 38.9. The molecule has 4 heteroatoms. The minimum atomic E-state index is -1.43. The fourth-order valence-corrected chi connectivity index (χ4v) is 11.4. The highest BCUT2D eigenvalue weighted by atomic mass is 28.3. The molecule has 0 heterocycles. The van der Waals surface area contributed by atoms with Crippen LogP contribution in [-0.4, -0.2) is 16.1 Å². The zero-order chi connectivity index (χ0) is 42.5. The molecule has 61 heavy (non-hydrogen) atoms. The Balaban J connectivity index is 1.05. The third kappa shape index (κ3) is 7.71. The second kappa shape index (κ2) is 15.7. The summed E-state index contributed by atoms with van der Waals surface area (Å²) in [4.78, 5) is 4.80. The summed E-state index contributed by atoms with van der Waals surface area (Å²) in [7, 11) is -2.85. The van der Waals surface area contributed by atoms with Crippen LogP contribution in [0.1, 0.15) is 36.1 Å². The van der Waals surface area contributed by atoms with Crippen LogP contribution in [0.25, 0.3) is 34.1 Å². The van der Waals surface area contributed by atoms with Gasteiger partial charge < -0.3 is 9.80 Å². The summed E-state index contributed by atoms with van der Waals surface area (Å²) in [6, 6.07) is 67.6. The lowest BCUT2D eigenvalue weighted by Crippen LogP contribution is -2.37. The Labute approximate surface area is 365 Å². The van der Waals surface area contributed by atoms with Gasteiger partial charge >= 0.3 is 0 Å². The molecule has 0 saturated carbocycles. The zero-order valence-electron chi connectivity index (χ0n) is 36.9. The van der Waals surface area contributed by atoms with Crippen LogP contribution < -0.4 is 20.2 Å². The maximum atomic E-state index is 2.43. The molecule has 0 atom stereocenters. The number of para-hydroxylation sites is 2. The van der Waals surface area contributed by atoms with Crippen molar-refractivity contribution in [2.45, 2.75) is 58.5 Å². The number of fused-ring (bicyclic) bond motifs is 4. The molecule has 0 fully saturated rings. The molecule has 9 rings (SSSR count). The van der Waals surface area contributed by atoms with Crippen molar-refractivity contribution < 1.29 is 0 Å². The Morgan fingerprint density at radius 1 is 0.393 bits per heavy atom. The minimum Gasteiger partial charge on any atom is -0.310 e. The van der Waals surface area contributed by atoms with E-state index >= 15 is 0 Å². The standard InChI is InChI=1S/C57H56N2Si2/c1-57(2)54-39-41(24-36-51(54)52-37-31-47(40-55(52)57)58(43-17-11-9-12-18-43)45-27-32-48(33-28-45)60(3,4)5)23-25-42-26-38-56(53-22-16-15-21-50(42)53)59(44-19-13-10-14-20-44)46-29-34-49(35-30-46)61(6,7)8/h9-40H,1-8H3. The summed E-state index contributed by atoms with van der Waals surface area (Å²) in [6.45, 7) is 19.2. The molecule has 0 N–H and O–H groups in total. The maximum absolute atomic E-state index is 2.43. The van der Waals surface area contributed by atoms with Crippen molar-refractivity contribution in [2.75, 3.05) is 9.80 Å². The summed E-state index contributed by atoms with van der Waals surface area (Å²) in [5, 5.41) is 5.39. The number of anilines is 6. The van der Waals surface area contributed by atoms with Crippen LogP contribution in [-0.2, 0) is 5.41 Å². The molecule has 0 aliphatic heterocycles. The molecular formula is C57H56N2Si2. The summed E-state index contributed by atoms with van der Waals surface area (Å²) in [6.07, 6.45) is 4.58.